The van der Waals surface area contributed by atoms with Crippen LogP contribution in [0.15, 0.2) is 43.0 Å². The molecule has 0 N–H and O–H groups in total. The fraction of sp³-hybridized carbons (Fsp3) is 0.308. The molecule has 3 heteroatoms. The van der Waals surface area contributed by atoms with Crippen LogP contribution in [0.4, 0.5) is 0 Å². The summed E-state index contributed by atoms with van der Waals surface area (Å²) in [7, 11) is 0. The summed E-state index contributed by atoms with van der Waals surface area (Å²) in [5.41, 5.74) is 1.17. The molecule has 1 aromatic rings. The van der Waals surface area contributed by atoms with Gasteiger partial charge in [0.25, 0.3) is 0 Å². The van der Waals surface area contributed by atoms with Crippen molar-refractivity contribution in [3.8, 4) is 0 Å². The van der Waals surface area contributed by atoms with Gasteiger partial charge in [-0.15, -0.1) is 0 Å². The van der Waals surface area contributed by atoms with Crippen LogP contribution in [0.5, 0.6) is 0 Å². The van der Waals surface area contributed by atoms with Crippen LogP contribution < -0.4 is 0 Å². The third kappa shape index (κ3) is 2.49. The predicted octanol–water partition coefficient (Wildman–Crippen LogP) is 2.25. The van der Waals surface area contributed by atoms with Crippen LogP contribution in [0, 0.1) is 0 Å². The number of ether oxygens (including phenoxy) is 2. The second kappa shape index (κ2) is 4.94. The molecule has 0 saturated carbocycles. The van der Waals surface area contributed by atoms with Gasteiger partial charge in [0.1, 0.15) is 6.61 Å². The molecule has 16 heavy (non-hydrogen) atoms. The third-order valence-electron chi connectivity index (χ3n) is 2.58. The fourth-order valence-electron chi connectivity index (χ4n) is 1.68. The normalized spacial score (nSPS) is 23.2. The van der Waals surface area contributed by atoms with E-state index < -0.39 is 5.97 Å². The summed E-state index contributed by atoms with van der Waals surface area (Å²) in [6, 6.07) is 10.0. The van der Waals surface area contributed by atoms with Gasteiger partial charge in [0, 0.05) is 12.5 Å². The third-order valence-corrected chi connectivity index (χ3v) is 2.58. The summed E-state index contributed by atoms with van der Waals surface area (Å²) in [6.07, 6.45) is 2.23. The molecule has 0 bridgehead atoms. The Morgan fingerprint density at radius 2 is 2.19 bits per heavy atom. The Bertz CT molecular complexity index is 366. The molecule has 2 atom stereocenters. The molecule has 1 saturated heterocycles. The van der Waals surface area contributed by atoms with Crippen molar-refractivity contribution in [3.05, 3.63) is 48.6 Å². The molecule has 0 spiro atoms. The zero-order valence-electron chi connectivity index (χ0n) is 8.96. The average Bonchev–Trinajstić information content (AvgIpc) is 2.28. The van der Waals surface area contributed by atoms with Gasteiger partial charge in [-0.3, -0.25) is 0 Å². The van der Waals surface area contributed by atoms with Crippen LogP contribution in [-0.4, -0.2) is 18.7 Å². The molecule has 1 fully saturated rings. The van der Waals surface area contributed by atoms with E-state index in [1.807, 2.05) is 30.3 Å². The number of carbonyl (C=O) groups is 1. The molecule has 0 amide bonds. The first-order valence-corrected chi connectivity index (χ1v) is 5.29. The maximum Gasteiger partial charge on any atom is 0.330 e. The Kier molecular flexibility index (Phi) is 3.37. The van der Waals surface area contributed by atoms with E-state index in [0.29, 0.717) is 6.61 Å². The molecule has 0 aromatic heterocycles. The van der Waals surface area contributed by atoms with Crippen molar-refractivity contribution in [2.24, 2.45) is 0 Å². The molecular formula is C13H14O3. The van der Waals surface area contributed by atoms with Crippen LogP contribution in [0.1, 0.15) is 18.1 Å². The van der Waals surface area contributed by atoms with Crippen molar-refractivity contribution < 1.29 is 14.3 Å². The van der Waals surface area contributed by atoms with E-state index >= 15 is 0 Å². The topological polar surface area (TPSA) is 35.5 Å². The second-order valence-corrected chi connectivity index (χ2v) is 3.73. The monoisotopic (exact) mass is 218 g/mol. The fourth-order valence-corrected chi connectivity index (χ4v) is 1.68. The average molecular weight is 218 g/mol. The van der Waals surface area contributed by atoms with Gasteiger partial charge in [0.05, 0.1) is 12.2 Å². The first-order valence-electron chi connectivity index (χ1n) is 5.29. The number of carbonyl (C=O) groups excluding carboxylic acids is 1. The Morgan fingerprint density at radius 3 is 2.81 bits per heavy atom. The van der Waals surface area contributed by atoms with Gasteiger partial charge < -0.3 is 9.47 Å². The summed E-state index contributed by atoms with van der Waals surface area (Å²) in [5, 5.41) is 0. The van der Waals surface area contributed by atoms with Crippen molar-refractivity contribution in [2.75, 3.05) is 6.61 Å². The van der Waals surface area contributed by atoms with Crippen LogP contribution in [-0.2, 0) is 14.3 Å². The zero-order valence-corrected chi connectivity index (χ0v) is 8.96. The number of rotatable bonds is 4. The first-order chi connectivity index (χ1) is 7.79. The molecule has 1 aromatic carbocycles. The Hall–Kier alpha value is -1.61. The second-order valence-electron chi connectivity index (χ2n) is 3.73. The molecule has 84 valence electrons. The lowest BCUT2D eigenvalue weighted by atomic mass is 9.98. The van der Waals surface area contributed by atoms with Crippen LogP contribution in [0.2, 0.25) is 0 Å². The van der Waals surface area contributed by atoms with Gasteiger partial charge in [-0.2, -0.15) is 0 Å². The number of hydrogen-bond donors (Lipinski definition) is 0. The van der Waals surface area contributed by atoms with E-state index in [1.165, 1.54) is 5.56 Å². The van der Waals surface area contributed by atoms with Gasteiger partial charge in [0.2, 0.25) is 0 Å². The molecule has 1 heterocycles. The smallest absolute Gasteiger partial charge is 0.330 e. The highest BCUT2D eigenvalue weighted by Crippen LogP contribution is 2.34. The van der Waals surface area contributed by atoms with E-state index in [1.54, 1.807) is 0 Å². The summed E-state index contributed by atoms with van der Waals surface area (Å²) in [5.74, 6) is -0.397. The van der Waals surface area contributed by atoms with Gasteiger partial charge in [-0.1, -0.05) is 36.9 Å². The minimum atomic E-state index is -0.397. The summed E-state index contributed by atoms with van der Waals surface area (Å²) in [4.78, 5) is 10.8. The van der Waals surface area contributed by atoms with Crippen molar-refractivity contribution in [3.63, 3.8) is 0 Å². The summed E-state index contributed by atoms with van der Waals surface area (Å²) in [6.45, 7) is 3.64. The van der Waals surface area contributed by atoms with Gasteiger partial charge in [-0.05, 0) is 5.56 Å². The Morgan fingerprint density at radius 1 is 1.50 bits per heavy atom. The lowest BCUT2D eigenvalue weighted by Gasteiger charge is -2.35. The van der Waals surface area contributed by atoms with Crippen LogP contribution >= 0.6 is 0 Å². The van der Waals surface area contributed by atoms with Crippen molar-refractivity contribution in [1.82, 2.24) is 0 Å². The van der Waals surface area contributed by atoms with E-state index in [0.717, 1.165) is 12.5 Å². The molecule has 0 radical (unpaired) electrons. The minimum Gasteiger partial charge on any atom is -0.460 e. The molecule has 0 aliphatic carbocycles. The highest BCUT2D eigenvalue weighted by Gasteiger charge is 2.31. The van der Waals surface area contributed by atoms with Crippen molar-refractivity contribution in [1.29, 1.82) is 0 Å². The van der Waals surface area contributed by atoms with Gasteiger partial charge >= 0.3 is 5.97 Å². The molecule has 2 unspecified atom stereocenters. The molecule has 2 rings (SSSR count). The number of benzene rings is 1. The van der Waals surface area contributed by atoms with Gasteiger partial charge in [-0.25, -0.2) is 4.79 Å². The number of esters is 1. The molecule has 1 aliphatic heterocycles. The Labute approximate surface area is 94.7 Å². The van der Waals surface area contributed by atoms with Gasteiger partial charge in [0.15, 0.2) is 0 Å². The maximum absolute atomic E-state index is 10.8. The maximum atomic E-state index is 10.8. The quantitative estimate of drug-likeness (QED) is 0.574. The van der Waals surface area contributed by atoms with E-state index in [9.17, 15) is 4.79 Å². The number of hydrogen-bond acceptors (Lipinski definition) is 3. The summed E-state index contributed by atoms with van der Waals surface area (Å²) < 4.78 is 10.5. The van der Waals surface area contributed by atoms with Crippen molar-refractivity contribution >= 4 is 5.97 Å². The van der Waals surface area contributed by atoms with E-state index in [4.69, 9.17) is 9.47 Å². The SMILES string of the molecule is C=CC(=O)OCC1CC(c2ccccc2)O1. The highest BCUT2D eigenvalue weighted by molar-refractivity contribution is 5.81. The standard InChI is InChI=1S/C13H14O3/c1-2-13(14)15-9-11-8-12(16-11)10-6-4-3-5-7-10/h2-7,11-12H,1,8-9H2. The highest BCUT2D eigenvalue weighted by atomic mass is 16.6. The summed E-state index contributed by atoms with van der Waals surface area (Å²) >= 11 is 0. The minimum absolute atomic E-state index is 0.0223. The van der Waals surface area contributed by atoms with E-state index in [2.05, 4.69) is 6.58 Å². The molecular weight excluding hydrogens is 204 g/mol. The molecule has 3 nitrogen and oxygen atoms in total. The zero-order chi connectivity index (χ0) is 11.4. The lowest BCUT2D eigenvalue weighted by Crippen LogP contribution is -2.35. The van der Waals surface area contributed by atoms with Crippen LogP contribution in [0.3, 0.4) is 0 Å². The first kappa shape index (κ1) is 10.9. The lowest BCUT2D eigenvalue weighted by molar-refractivity contribution is -0.167. The Balaban J connectivity index is 1.74. The van der Waals surface area contributed by atoms with E-state index in [-0.39, 0.29) is 12.2 Å². The predicted molar refractivity (Wildman–Crippen MR) is 59.8 cm³/mol. The van der Waals surface area contributed by atoms with Crippen molar-refractivity contribution in [2.45, 2.75) is 18.6 Å². The van der Waals surface area contributed by atoms with Crippen LogP contribution in [0.25, 0.3) is 0 Å². The molecule has 1 aliphatic rings. The largest absolute Gasteiger partial charge is 0.460 e.